The van der Waals surface area contributed by atoms with Gasteiger partial charge in [0.05, 0.1) is 31.0 Å². The predicted molar refractivity (Wildman–Crippen MR) is 108 cm³/mol. The van der Waals surface area contributed by atoms with Crippen molar-refractivity contribution in [3.63, 3.8) is 0 Å². The molecule has 0 saturated carbocycles. The van der Waals surface area contributed by atoms with Crippen molar-refractivity contribution < 1.29 is 14.5 Å². The molecule has 0 bridgehead atoms. The molecule has 0 amide bonds. The van der Waals surface area contributed by atoms with Crippen LogP contribution >= 0.6 is 15.9 Å². The number of hydrogen-bond donors (Lipinski definition) is 0. The highest BCUT2D eigenvalue weighted by Gasteiger charge is 2.13. The van der Waals surface area contributed by atoms with Crippen LogP contribution in [0.2, 0.25) is 0 Å². The first-order valence-electron chi connectivity index (χ1n) is 8.29. The topological polar surface area (TPSA) is 87.3 Å². The van der Waals surface area contributed by atoms with Gasteiger partial charge in [-0.15, -0.1) is 0 Å². The lowest BCUT2D eigenvalue weighted by atomic mass is 10.1. The molecule has 0 fully saturated rings. The Hall–Kier alpha value is -3.26. The largest absolute Gasteiger partial charge is 0.496 e. The fourth-order valence-electron chi connectivity index (χ4n) is 2.65. The van der Waals surface area contributed by atoms with Crippen LogP contribution in [0, 0.1) is 10.1 Å². The van der Waals surface area contributed by atoms with Crippen molar-refractivity contribution in [3.8, 4) is 5.75 Å². The summed E-state index contributed by atoms with van der Waals surface area (Å²) in [5.74, 6) is 0.310. The second-order valence-electron chi connectivity index (χ2n) is 5.91. The van der Waals surface area contributed by atoms with Gasteiger partial charge in [-0.1, -0.05) is 40.2 Å². The van der Waals surface area contributed by atoms with Crippen LogP contribution in [0.1, 0.15) is 21.5 Å². The number of hydrogen-bond acceptors (Lipinski definition) is 5. The quantitative estimate of drug-likeness (QED) is 0.233. The SMILES string of the molecule is COc1ccc(/C=C/C(=O)c2cccc(Br)c2)cc1Cn1ccc([N+](=O)[O-])n1. The van der Waals surface area contributed by atoms with Crippen molar-refractivity contribution in [2.24, 2.45) is 0 Å². The lowest BCUT2D eigenvalue weighted by Gasteiger charge is -2.08. The lowest BCUT2D eigenvalue weighted by Crippen LogP contribution is -2.03. The number of methoxy groups -OCH3 is 1. The van der Waals surface area contributed by atoms with Gasteiger partial charge in [0.2, 0.25) is 0 Å². The van der Waals surface area contributed by atoms with E-state index in [-0.39, 0.29) is 11.6 Å². The molecule has 3 rings (SSSR count). The summed E-state index contributed by atoms with van der Waals surface area (Å²) in [6.45, 7) is 0.304. The molecule has 0 aliphatic heterocycles. The van der Waals surface area contributed by atoms with Gasteiger partial charge in [-0.25, -0.2) is 0 Å². The number of allylic oxidation sites excluding steroid dienone is 1. The van der Waals surface area contributed by atoms with Crippen LogP contribution in [0.5, 0.6) is 5.75 Å². The van der Waals surface area contributed by atoms with Gasteiger partial charge in [-0.2, -0.15) is 4.68 Å². The molecule has 0 atom stereocenters. The minimum atomic E-state index is -0.541. The molecule has 142 valence electrons. The normalized spacial score (nSPS) is 10.9. The van der Waals surface area contributed by atoms with E-state index >= 15 is 0 Å². The van der Waals surface area contributed by atoms with Gasteiger partial charge in [-0.3, -0.25) is 4.79 Å². The smallest absolute Gasteiger partial charge is 0.389 e. The maximum atomic E-state index is 12.3. The molecule has 3 aromatic rings. The van der Waals surface area contributed by atoms with Crippen molar-refractivity contribution in [1.29, 1.82) is 0 Å². The highest BCUT2D eigenvalue weighted by atomic mass is 79.9. The molecular formula is C20H16BrN3O4. The highest BCUT2D eigenvalue weighted by molar-refractivity contribution is 9.10. The molecule has 2 aromatic carbocycles. The third-order valence-corrected chi connectivity index (χ3v) is 4.48. The zero-order valence-electron chi connectivity index (χ0n) is 14.9. The van der Waals surface area contributed by atoms with Gasteiger partial charge in [0, 0.05) is 15.6 Å². The number of aromatic nitrogens is 2. The number of benzene rings is 2. The molecule has 1 aromatic heterocycles. The van der Waals surface area contributed by atoms with Crippen molar-refractivity contribution in [2.45, 2.75) is 6.54 Å². The number of halogens is 1. The van der Waals surface area contributed by atoms with Crippen molar-refractivity contribution in [2.75, 3.05) is 7.11 Å². The Kier molecular flexibility index (Phi) is 6.00. The van der Waals surface area contributed by atoms with Gasteiger partial charge in [0.1, 0.15) is 5.75 Å². The average Bonchev–Trinajstić information content (AvgIpc) is 3.15. The Bertz CT molecular complexity index is 1060. The Balaban J connectivity index is 1.81. The molecule has 7 nitrogen and oxygen atoms in total. The first-order chi connectivity index (χ1) is 13.5. The number of nitrogens with zero attached hydrogens (tertiary/aromatic N) is 3. The van der Waals surface area contributed by atoms with Crippen molar-refractivity contribution in [1.82, 2.24) is 9.78 Å². The van der Waals surface area contributed by atoms with Crippen LogP contribution in [-0.2, 0) is 6.54 Å². The second-order valence-corrected chi connectivity index (χ2v) is 6.82. The molecule has 8 heteroatoms. The van der Waals surface area contributed by atoms with Crippen LogP contribution < -0.4 is 4.74 Å². The lowest BCUT2D eigenvalue weighted by molar-refractivity contribution is -0.389. The number of carbonyl (C=O) groups is 1. The fraction of sp³-hybridized carbons (Fsp3) is 0.100. The van der Waals surface area contributed by atoms with Crippen LogP contribution in [0.25, 0.3) is 6.08 Å². The molecule has 0 unspecified atom stereocenters. The van der Waals surface area contributed by atoms with E-state index in [4.69, 9.17) is 4.74 Å². The van der Waals surface area contributed by atoms with E-state index in [1.54, 1.807) is 37.5 Å². The molecule has 28 heavy (non-hydrogen) atoms. The summed E-state index contributed by atoms with van der Waals surface area (Å²) in [4.78, 5) is 22.6. The molecule has 0 spiro atoms. The van der Waals surface area contributed by atoms with Crippen molar-refractivity contribution >= 4 is 33.6 Å². The predicted octanol–water partition coefficient (Wildman–Crippen LogP) is 4.51. The molecule has 0 aliphatic carbocycles. The summed E-state index contributed by atoms with van der Waals surface area (Å²) in [5.41, 5.74) is 2.18. The zero-order chi connectivity index (χ0) is 20.1. The van der Waals surface area contributed by atoms with Gasteiger partial charge >= 0.3 is 5.82 Å². The third-order valence-electron chi connectivity index (χ3n) is 3.99. The molecule has 0 N–H and O–H groups in total. The molecule has 0 saturated heterocycles. The van der Waals surface area contributed by atoms with E-state index in [0.717, 1.165) is 15.6 Å². The Morgan fingerprint density at radius 2 is 2.11 bits per heavy atom. The third kappa shape index (κ3) is 4.72. The van der Waals surface area contributed by atoms with Crippen LogP contribution in [0.15, 0.2) is 65.3 Å². The van der Waals surface area contributed by atoms with Gasteiger partial charge in [0.25, 0.3) is 0 Å². The monoisotopic (exact) mass is 441 g/mol. The van der Waals surface area contributed by atoms with E-state index in [2.05, 4.69) is 21.0 Å². The van der Waals surface area contributed by atoms with E-state index in [1.807, 2.05) is 18.2 Å². The molecule has 1 heterocycles. The van der Waals surface area contributed by atoms with Gasteiger partial charge < -0.3 is 14.9 Å². The number of nitro groups is 1. The van der Waals surface area contributed by atoms with Crippen LogP contribution in [0.4, 0.5) is 5.82 Å². The summed E-state index contributed by atoms with van der Waals surface area (Å²) in [6, 6.07) is 14.0. The number of ether oxygens (including phenoxy) is 1. The van der Waals surface area contributed by atoms with E-state index in [9.17, 15) is 14.9 Å². The average molecular weight is 442 g/mol. The van der Waals surface area contributed by atoms with Gasteiger partial charge in [-0.05, 0) is 40.8 Å². The number of rotatable bonds is 7. The van der Waals surface area contributed by atoms with Gasteiger partial charge in [0.15, 0.2) is 5.78 Å². The Labute approximate surface area is 169 Å². The summed E-state index contributed by atoms with van der Waals surface area (Å²) in [6.07, 6.45) is 4.76. The standard InChI is InChI=1S/C20H16BrN3O4/c1-28-19-8-6-14(5-7-18(25)15-3-2-4-17(21)12-15)11-16(19)13-23-10-9-20(22-23)24(26)27/h2-12H,13H2,1H3/b7-5+. The van der Waals surface area contributed by atoms with Crippen LogP contribution in [-0.4, -0.2) is 27.6 Å². The maximum absolute atomic E-state index is 12.3. The highest BCUT2D eigenvalue weighted by Crippen LogP contribution is 2.22. The summed E-state index contributed by atoms with van der Waals surface area (Å²) in [5, 5.41) is 14.7. The summed E-state index contributed by atoms with van der Waals surface area (Å²) in [7, 11) is 1.55. The summed E-state index contributed by atoms with van der Waals surface area (Å²) >= 11 is 3.35. The molecular weight excluding hydrogens is 426 g/mol. The Morgan fingerprint density at radius 1 is 1.29 bits per heavy atom. The number of ketones is 1. The minimum absolute atomic E-state index is 0.110. The number of carbonyl (C=O) groups excluding carboxylic acids is 1. The van der Waals surface area contributed by atoms with E-state index in [1.165, 1.54) is 23.0 Å². The van der Waals surface area contributed by atoms with E-state index in [0.29, 0.717) is 17.9 Å². The minimum Gasteiger partial charge on any atom is -0.496 e. The Morgan fingerprint density at radius 3 is 2.79 bits per heavy atom. The summed E-state index contributed by atoms with van der Waals surface area (Å²) < 4.78 is 7.67. The van der Waals surface area contributed by atoms with Crippen molar-refractivity contribution in [3.05, 3.63) is 92.1 Å². The van der Waals surface area contributed by atoms with E-state index < -0.39 is 4.92 Å². The molecule has 0 aliphatic rings. The molecule has 0 radical (unpaired) electrons. The zero-order valence-corrected chi connectivity index (χ0v) is 16.5. The first-order valence-corrected chi connectivity index (χ1v) is 9.08. The maximum Gasteiger partial charge on any atom is 0.389 e. The fourth-order valence-corrected chi connectivity index (χ4v) is 3.05. The van der Waals surface area contributed by atoms with Crippen LogP contribution in [0.3, 0.4) is 0 Å². The second kappa shape index (κ2) is 8.62. The first kappa shape index (κ1) is 19.5.